The van der Waals surface area contributed by atoms with Crippen molar-refractivity contribution in [1.82, 2.24) is 0 Å². The molecule has 0 unspecified atom stereocenters. The van der Waals surface area contributed by atoms with Gasteiger partial charge in [0.1, 0.15) is 12.4 Å². The first-order valence-electron chi connectivity index (χ1n) is 8.41. The summed E-state index contributed by atoms with van der Waals surface area (Å²) >= 11 is 0. The van der Waals surface area contributed by atoms with Crippen molar-refractivity contribution >= 4 is 11.8 Å². The van der Waals surface area contributed by atoms with Crippen molar-refractivity contribution in [2.24, 2.45) is 0 Å². The zero-order chi connectivity index (χ0) is 18.4. The number of carbonyl (C=O) groups excluding carboxylic acids is 1. The second-order valence-corrected chi connectivity index (χ2v) is 5.80. The van der Waals surface area contributed by atoms with Gasteiger partial charge in [0.25, 0.3) is 0 Å². The molecule has 2 aromatic rings. The number of benzene rings is 2. The zero-order valence-electron chi connectivity index (χ0n) is 15.2. The molecule has 0 aromatic heterocycles. The van der Waals surface area contributed by atoms with E-state index in [0.717, 1.165) is 23.3 Å². The van der Waals surface area contributed by atoms with Crippen LogP contribution >= 0.6 is 0 Å². The first-order valence-corrected chi connectivity index (χ1v) is 8.41. The maximum atomic E-state index is 11.7. The number of amides is 1. The lowest BCUT2D eigenvalue weighted by molar-refractivity contribution is 0.140. The molecule has 5 heteroatoms. The van der Waals surface area contributed by atoms with Crippen LogP contribution in [0.4, 0.5) is 10.5 Å². The molecule has 1 N–H and O–H groups in total. The van der Waals surface area contributed by atoms with Crippen LogP contribution in [0.15, 0.2) is 36.4 Å². The van der Waals surface area contributed by atoms with E-state index in [1.54, 1.807) is 0 Å². The van der Waals surface area contributed by atoms with Crippen molar-refractivity contribution in [1.29, 1.82) is 0 Å². The number of nitrogens with zero attached hydrogens (tertiary/aromatic N) is 1. The number of hydrogen-bond donors (Lipinski definition) is 1. The van der Waals surface area contributed by atoms with Gasteiger partial charge in [-0.05, 0) is 42.5 Å². The summed E-state index contributed by atoms with van der Waals surface area (Å²) in [5.74, 6) is 0.785. The minimum atomic E-state index is -0.828. The number of para-hydroxylation sites is 1. The van der Waals surface area contributed by atoms with E-state index in [1.165, 1.54) is 12.7 Å². The first kappa shape index (κ1) is 18.8. The number of rotatable bonds is 6. The predicted molar refractivity (Wildman–Crippen MR) is 97.4 cm³/mol. The van der Waals surface area contributed by atoms with Crippen LogP contribution in [0.25, 0.3) is 0 Å². The third kappa shape index (κ3) is 4.31. The summed E-state index contributed by atoms with van der Waals surface area (Å²) in [6.07, 6.45) is 0.815. The lowest BCUT2D eigenvalue weighted by Gasteiger charge is -2.21. The number of hydroxylamine groups is 1. The monoisotopic (exact) mass is 343 g/mol. The highest BCUT2D eigenvalue weighted by molar-refractivity contribution is 5.87. The summed E-state index contributed by atoms with van der Waals surface area (Å²) in [4.78, 5) is 11.7. The maximum absolute atomic E-state index is 11.7. The Morgan fingerprint density at radius 3 is 2.44 bits per heavy atom. The quantitative estimate of drug-likeness (QED) is 0.612. The Balaban J connectivity index is 2.29. The van der Waals surface area contributed by atoms with Gasteiger partial charge >= 0.3 is 6.09 Å². The Bertz CT molecular complexity index is 742. The van der Waals surface area contributed by atoms with E-state index < -0.39 is 6.09 Å². The Kier molecular flexibility index (Phi) is 6.42. The van der Waals surface area contributed by atoms with Gasteiger partial charge in [-0.3, -0.25) is 5.21 Å². The summed E-state index contributed by atoms with van der Waals surface area (Å²) < 4.78 is 10.6. The van der Waals surface area contributed by atoms with Crippen LogP contribution in [0.2, 0.25) is 0 Å². The fraction of sp³-hybridized carbons (Fsp3) is 0.350. The molecule has 0 fully saturated rings. The van der Waals surface area contributed by atoms with Crippen LogP contribution in [0.5, 0.6) is 5.75 Å². The molecule has 25 heavy (non-hydrogen) atoms. The van der Waals surface area contributed by atoms with E-state index in [9.17, 15) is 10.0 Å². The Morgan fingerprint density at radius 2 is 1.84 bits per heavy atom. The third-order valence-corrected chi connectivity index (χ3v) is 4.17. The van der Waals surface area contributed by atoms with Crippen molar-refractivity contribution in [2.75, 3.05) is 12.2 Å². The highest BCUT2D eigenvalue weighted by Gasteiger charge is 2.20. The minimum Gasteiger partial charge on any atom is -0.489 e. The maximum Gasteiger partial charge on any atom is 0.438 e. The van der Waals surface area contributed by atoms with Crippen LogP contribution < -0.4 is 9.80 Å². The molecular formula is C20H25NO4. The van der Waals surface area contributed by atoms with Gasteiger partial charge in [0.05, 0.1) is 12.8 Å². The van der Waals surface area contributed by atoms with Crippen LogP contribution in [0.3, 0.4) is 0 Å². The standard InChI is InChI=1S/C20H25NO4/c1-5-15-10-11-18(14(3)12-15)25-13-17-9-7-8-16(6-2)19(17)21(23)20(22)24-4/h7-12,23H,5-6,13H2,1-4H3. The molecule has 0 spiro atoms. The molecule has 0 heterocycles. The first-order chi connectivity index (χ1) is 12.0. The molecule has 1 amide bonds. The number of aryl methyl sites for hydroxylation is 3. The smallest absolute Gasteiger partial charge is 0.438 e. The molecule has 0 saturated heterocycles. The highest BCUT2D eigenvalue weighted by atomic mass is 16.6. The van der Waals surface area contributed by atoms with Gasteiger partial charge in [-0.15, -0.1) is 0 Å². The second kappa shape index (κ2) is 8.53. The summed E-state index contributed by atoms with van der Waals surface area (Å²) in [6.45, 7) is 6.32. The van der Waals surface area contributed by atoms with E-state index in [-0.39, 0.29) is 6.61 Å². The van der Waals surface area contributed by atoms with Crippen LogP contribution in [0.1, 0.15) is 36.1 Å². The molecule has 5 nitrogen and oxygen atoms in total. The van der Waals surface area contributed by atoms with Gasteiger partial charge in [0, 0.05) is 5.56 Å². The normalized spacial score (nSPS) is 10.4. The Hall–Kier alpha value is -2.53. The van der Waals surface area contributed by atoms with E-state index in [1.807, 2.05) is 44.2 Å². The van der Waals surface area contributed by atoms with Crippen molar-refractivity contribution in [3.63, 3.8) is 0 Å². The van der Waals surface area contributed by atoms with E-state index >= 15 is 0 Å². The Morgan fingerprint density at radius 1 is 1.12 bits per heavy atom. The number of methoxy groups -OCH3 is 1. The molecule has 0 atom stereocenters. The van der Waals surface area contributed by atoms with Gasteiger partial charge in [-0.25, -0.2) is 4.79 Å². The molecule has 0 radical (unpaired) electrons. The topological polar surface area (TPSA) is 59.0 Å². The van der Waals surface area contributed by atoms with E-state index in [2.05, 4.69) is 17.7 Å². The average Bonchev–Trinajstić information content (AvgIpc) is 2.65. The fourth-order valence-corrected chi connectivity index (χ4v) is 2.74. The Labute approximate surface area is 148 Å². The molecule has 134 valence electrons. The molecule has 0 aliphatic rings. The summed E-state index contributed by atoms with van der Waals surface area (Å²) in [5.41, 5.74) is 4.28. The fourth-order valence-electron chi connectivity index (χ4n) is 2.74. The van der Waals surface area contributed by atoms with Gasteiger partial charge in [0.2, 0.25) is 0 Å². The van der Waals surface area contributed by atoms with Crippen LogP contribution in [0, 0.1) is 6.92 Å². The van der Waals surface area contributed by atoms with Crippen LogP contribution in [-0.4, -0.2) is 18.4 Å². The average molecular weight is 343 g/mol. The largest absolute Gasteiger partial charge is 0.489 e. The minimum absolute atomic E-state index is 0.240. The van der Waals surface area contributed by atoms with E-state index in [0.29, 0.717) is 22.7 Å². The van der Waals surface area contributed by atoms with Gasteiger partial charge < -0.3 is 9.47 Å². The van der Waals surface area contributed by atoms with Gasteiger partial charge in [-0.1, -0.05) is 44.2 Å². The lowest BCUT2D eigenvalue weighted by Crippen LogP contribution is -2.29. The molecule has 0 bridgehead atoms. The third-order valence-electron chi connectivity index (χ3n) is 4.17. The van der Waals surface area contributed by atoms with Gasteiger partial charge in [0.15, 0.2) is 0 Å². The summed E-state index contributed by atoms with van der Waals surface area (Å²) in [6, 6.07) is 11.7. The second-order valence-electron chi connectivity index (χ2n) is 5.80. The SMILES string of the molecule is CCc1ccc(OCc2cccc(CC)c2N(O)C(=O)OC)c(C)c1. The van der Waals surface area contributed by atoms with Crippen molar-refractivity contribution in [3.8, 4) is 5.75 Å². The van der Waals surface area contributed by atoms with Gasteiger partial charge in [-0.2, -0.15) is 5.06 Å². The molecular weight excluding hydrogens is 318 g/mol. The molecule has 0 aliphatic carbocycles. The van der Waals surface area contributed by atoms with Crippen molar-refractivity contribution in [3.05, 3.63) is 58.7 Å². The van der Waals surface area contributed by atoms with Crippen molar-refractivity contribution < 1.29 is 19.5 Å². The number of hydrogen-bond acceptors (Lipinski definition) is 4. The molecule has 0 saturated carbocycles. The highest BCUT2D eigenvalue weighted by Crippen LogP contribution is 2.28. The molecule has 2 rings (SSSR count). The van der Waals surface area contributed by atoms with Crippen LogP contribution in [-0.2, 0) is 24.2 Å². The molecule has 2 aromatic carbocycles. The van der Waals surface area contributed by atoms with E-state index in [4.69, 9.17) is 4.74 Å². The van der Waals surface area contributed by atoms with Crippen molar-refractivity contribution in [2.45, 2.75) is 40.2 Å². The molecule has 0 aliphatic heterocycles. The zero-order valence-corrected chi connectivity index (χ0v) is 15.2. The summed E-state index contributed by atoms with van der Waals surface area (Å²) in [5, 5.41) is 10.8. The predicted octanol–water partition coefficient (Wildman–Crippen LogP) is 4.66. The number of anilines is 1. The summed E-state index contributed by atoms with van der Waals surface area (Å²) in [7, 11) is 1.23. The lowest BCUT2D eigenvalue weighted by atomic mass is 10.0. The number of carbonyl (C=O) groups is 1. The number of ether oxygens (including phenoxy) is 2.